The second-order valence-electron chi connectivity index (χ2n) is 6.42. The molecule has 1 aromatic carbocycles. The molecule has 2 atom stereocenters. The van der Waals surface area contributed by atoms with Crippen LogP contribution in [0.2, 0.25) is 0 Å². The molecular weight excluding hydrogens is 362 g/mol. The molecule has 1 aliphatic heterocycles. The SMILES string of the molecule is COC(=O)COc1ccc(CN2CCCC(C(C)N)C2)cc1[N+](=O)[O-].Cl. The van der Waals surface area contributed by atoms with E-state index >= 15 is 0 Å². The number of nitro benzene ring substituents is 1. The van der Waals surface area contributed by atoms with E-state index in [4.69, 9.17) is 10.5 Å². The predicted octanol–water partition coefficient (Wildman–Crippen LogP) is 2.13. The van der Waals surface area contributed by atoms with Crippen molar-refractivity contribution in [3.63, 3.8) is 0 Å². The summed E-state index contributed by atoms with van der Waals surface area (Å²) < 4.78 is 9.67. The molecule has 26 heavy (non-hydrogen) atoms. The number of methoxy groups -OCH3 is 1. The lowest BCUT2D eigenvalue weighted by Crippen LogP contribution is -2.41. The molecule has 146 valence electrons. The van der Waals surface area contributed by atoms with Crippen molar-refractivity contribution in [3.8, 4) is 5.75 Å². The highest BCUT2D eigenvalue weighted by Gasteiger charge is 2.24. The minimum absolute atomic E-state index is 0. The van der Waals surface area contributed by atoms with Gasteiger partial charge in [0.25, 0.3) is 0 Å². The van der Waals surface area contributed by atoms with Crippen LogP contribution in [-0.4, -0.2) is 48.6 Å². The fraction of sp³-hybridized carbons (Fsp3) is 0.588. The second kappa shape index (κ2) is 10.3. The Kier molecular flexibility index (Phi) is 8.77. The first-order valence-electron chi connectivity index (χ1n) is 8.35. The van der Waals surface area contributed by atoms with Crippen molar-refractivity contribution >= 4 is 24.1 Å². The maximum Gasteiger partial charge on any atom is 0.343 e. The first-order chi connectivity index (χ1) is 11.9. The summed E-state index contributed by atoms with van der Waals surface area (Å²) in [6.45, 7) is 4.14. The van der Waals surface area contributed by atoms with Gasteiger partial charge in [0.15, 0.2) is 12.4 Å². The maximum atomic E-state index is 11.3. The van der Waals surface area contributed by atoms with E-state index in [2.05, 4.69) is 9.64 Å². The summed E-state index contributed by atoms with van der Waals surface area (Å²) in [6.07, 6.45) is 2.20. The quantitative estimate of drug-likeness (QED) is 0.433. The lowest BCUT2D eigenvalue weighted by molar-refractivity contribution is -0.385. The molecule has 1 aliphatic rings. The minimum atomic E-state index is -0.589. The van der Waals surface area contributed by atoms with Gasteiger partial charge in [-0.15, -0.1) is 12.4 Å². The zero-order valence-corrected chi connectivity index (χ0v) is 15.9. The molecule has 0 spiro atoms. The molecule has 0 aromatic heterocycles. The molecule has 9 heteroatoms. The summed E-state index contributed by atoms with van der Waals surface area (Å²) in [4.78, 5) is 24.2. The third-order valence-electron chi connectivity index (χ3n) is 4.48. The second-order valence-corrected chi connectivity index (χ2v) is 6.42. The highest BCUT2D eigenvalue weighted by atomic mass is 35.5. The number of halogens is 1. The molecule has 2 rings (SSSR count). The van der Waals surface area contributed by atoms with Gasteiger partial charge in [0.1, 0.15) is 0 Å². The van der Waals surface area contributed by atoms with E-state index in [0.717, 1.165) is 31.5 Å². The summed E-state index contributed by atoms with van der Waals surface area (Å²) in [5, 5.41) is 11.3. The van der Waals surface area contributed by atoms with Crippen molar-refractivity contribution in [3.05, 3.63) is 33.9 Å². The van der Waals surface area contributed by atoms with Crippen LogP contribution in [0.3, 0.4) is 0 Å². The third kappa shape index (κ3) is 6.12. The Morgan fingerprint density at radius 1 is 1.50 bits per heavy atom. The lowest BCUT2D eigenvalue weighted by Gasteiger charge is -2.34. The van der Waals surface area contributed by atoms with Crippen molar-refractivity contribution in [2.24, 2.45) is 11.7 Å². The number of carbonyl (C=O) groups is 1. The number of benzene rings is 1. The van der Waals surface area contributed by atoms with E-state index in [9.17, 15) is 14.9 Å². The highest BCUT2D eigenvalue weighted by molar-refractivity contribution is 5.85. The predicted molar refractivity (Wildman–Crippen MR) is 99.5 cm³/mol. The van der Waals surface area contributed by atoms with Crippen LogP contribution in [0.1, 0.15) is 25.3 Å². The Morgan fingerprint density at radius 2 is 2.23 bits per heavy atom. The Hall–Kier alpha value is -1.90. The van der Waals surface area contributed by atoms with Crippen molar-refractivity contribution in [2.45, 2.75) is 32.4 Å². The normalized spacial score (nSPS) is 18.5. The monoisotopic (exact) mass is 387 g/mol. The fourth-order valence-electron chi connectivity index (χ4n) is 3.04. The van der Waals surface area contributed by atoms with Crippen LogP contribution in [0.15, 0.2) is 18.2 Å². The van der Waals surface area contributed by atoms with E-state index in [0.29, 0.717) is 12.5 Å². The zero-order chi connectivity index (χ0) is 18.4. The number of rotatable bonds is 7. The van der Waals surface area contributed by atoms with Gasteiger partial charge >= 0.3 is 11.7 Å². The molecule has 2 N–H and O–H groups in total. The Labute approximate surface area is 159 Å². The smallest absolute Gasteiger partial charge is 0.343 e. The summed E-state index contributed by atoms with van der Waals surface area (Å²) in [7, 11) is 1.23. The molecule has 1 saturated heterocycles. The molecule has 1 fully saturated rings. The van der Waals surface area contributed by atoms with Gasteiger partial charge < -0.3 is 15.2 Å². The van der Waals surface area contributed by atoms with Gasteiger partial charge in [0.2, 0.25) is 0 Å². The summed E-state index contributed by atoms with van der Waals surface area (Å²) >= 11 is 0. The van der Waals surface area contributed by atoms with Gasteiger partial charge in [-0.25, -0.2) is 4.79 Å². The molecule has 0 radical (unpaired) electrons. The molecule has 0 aliphatic carbocycles. The number of ether oxygens (including phenoxy) is 2. The number of likely N-dealkylation sites (tertiary alicyclic amines) is 1. The number of nitrogens with zero attached hydrogens (tertiary/aromatic N) is 2. The molecule has 1 aromatic rings. The van der Waals surface area contributed by atoms with E-state index in [1.165, 1.54) is 19.2 Å². The van der Waals surface area contributed by atoms with Gasteiger partial charge in [-0.2, -0.15) is 0 Å². The van der Waals surface area contributed by atoms with Crippen LogP contribution in [0, 0.1) is 16.0 Å². The van der Waals surface area contributed by atoms with Crippen molar-refractivity contribution in [1.82, 2.24) is 4.90 Å². The van der Waals surface area contributed by atoms with Gasteiger partial charge in [0, 0.05) is 25.2 Å². The molecule has 8 nitrogen and oxygen atoms in total. The molecule has 0 saturated carbocycles. The highest BCUT2D eigenvalue weighted by Crippen LogP contribution is 2.29. The number of nitrogens with two attached hydrogens (primary N) is 1. The van der Waals surface area contributed by atoms with Crippen molar-refractivity contribution in [2.75, 3.05) is 26.8 Å². The summed E-state index contributed by atoms with van der Waals surface area (Å²) in [5.41, 5.74) is 6.69. The van der Waals surface area contributed by atoms with Crippen LogP contribution in [0.25, 0.3) is 0 Å². The van der Waals surface area contributed by atoms with Crippen molar-refractivity contribution in [1.29, 1.82) is 0 Å². The van der Waals surface area contributed by atoms with Crippen LogP contribution >= 0.6 is 12.4 Å². The summed E-state index contributed by atoms with van der Waals surface area (Å²) in [5.74, 6) is -0.0775. The average Bonchev–Trinajstić information content (AvgIpc) is 2.60. The van der Waals surface area contributed by atoms with E-state index in [-0.39, 0.29) is 36.5 Å². The molecule has 0 bridgehead atoms. The van der Waals surface area contributed by atoms with E-state index in [1.54, 1.807) is 6.07 Å². The first-order valence-corrected chi connectivity index (χ1v) is 8.35. The lowest BCUT2D eigenvalue weighted by atomic mass is 9.92. The third-order valence-corrected chi connectivity index (χ3v) is 4.48. The van der Waals surface area contributed by atoms with Gasteiger partial charge in [-0.3, -0.25) is 15.0 Å². The van der Waals surface area contributed by atoms with Gasteiger partial charge in [0.05, 0.1) is 12.0 Å². The summed E-state index contributed by atoms with van der Waals surface area (Å²) in [6, 6.07) is 4.96. The number of nitro groups is 1. The number of hydrogen-bond donors (Lipinski definition) is 1. The van der Waals surface area contributed by atoms with E-state index in [1.807, 2.05) is 6.92 Å². The number of piperidine rings is 1. The first kappa shape index (κ1) is 22.1. The fourth-order valence-corrected chi connectivity index (χ4v) is 3.04. The van der Waals surface area contributed by atoms with Crippen LogP contribution in [0.4, 0.5) is 5.69 Å². The zero-order valence-electron chi connectivity index (χ0n) is 15.1. The Balaban J connectivity index is 0.00000338. The van der Waals surface area contributed by atoms with E-state index < -0.39 is 10.9 Å². The molecule has 0 amide bonds. The van der Waals surface area contributed by atoms with Gasteiger partial charge in [-0.1, -0.05) is 6.07 Å². The largest absolute Gasteiger partial charge is 0.475 e. The Bertz CT molecular complexity index is 626. The molecule has 2 unspecified atom stereocenters. The van der Waals surface area contributed by atoms with Gasteiger partial charge in [-0.05, 0) is 43.9 Å². The van der Waals surface area contributed by atoms with Crippen LogP contribution < -0.4 is 10.5 Å². The minimum Gasteiger partial charge on any atom is -0.475 e. The van der Waals surface area contributed by atoms with Crippen molar-refractivity contribution < 1.29 is 19.2 Å². The topological polar surface area (TPSA) is 108 Å². The van der Waals surface area contributed by atoms with Crippen LogP contribution in [-0.2, 0) is 16.1 Å². The number of hydrogen-bond acceptors (Lipinski definition) is 7. The molecular formula is C17H26ClN3O5. The number of carbonyl (C=O) groups excluding carboxylic acids is 1. The average molecular weight is 388 g/mol. The number of esters is 1. The Morgan fingerprint density at radius 3 is 2.85 bits per heavy atom. The van der Waals surface area contributed by atoms with Crippen LogP contribution in [0.5, 0.6) is 5.75 Å². The maximum absolute atomic E-state index is 11.3. The standard InChI is InChI=1S/C17H25N3O5.ClH/c1-12(18)14-4-3-7-19(10-14)9-13-5-6-16(15(8-13)20(22)23)25-11-17(21)24-2;/h5-6,8,12,14H,3-4,7,9-11,18H2,1-2H3;1H. The molecule has 1 heterocycles.